The van der Waals surface area contributed by atoms with Crippen molar-refractivity contribution >= 4 is 11.7 Å². The summed E-state index contributed by atoms with van der Waals surface area (Å²) in [6.45, 7) is 6.27. The van der Waals surface area contributed by atoms with Crippen molar-refractivity contribution in [1.29, 1.82) is 0 Å². The molecule has 0 aromatic heterocycles. The summed E-state index contributed by atoms with van der Waals surface area (Å²) in [6, 6.07) is 7.40. The summed E-state index contributed by atoms with van der Waals surface area (Å²) in [6.07, 6.45) is 18.0. The summed E-state index contributed by atoms with van der Waals surface area (Å²) in [4.78, 5) is 26.6. The molecule has 4 nitrogen and oxygen atoms in total. The van der Waals surface area contributed by atoms with Crippen LogP contribution in [0.15, 0.2) is 35.6 Å². The number of aliphatic hydroxyl groups is 1. The van der Waals surface area contributed by atoms with Crippen LogP contribution < -0.4 is 0 Å². The largest absolute Gasteiger partial charge is 0.503 e. The first-order chi connectivity index (χ1) is 16.0. The van der Waals surface area contributed by atoms with Gasteiger partial charge in [-0.2, -0.15) is 0 Å². The SMILES string of the molecule is CCCCCCCCCCCCCCCCN1C(=O)C(O)=C(C(C)=O)[C@@H]1c1ccc(C)cc1. The Bertz CT molecular complexity index is 766. The molecule has 1 amide bonds. The van der Waals surface area contributed by atoms with Gasteiger partial charge >= 0.3 is 0 Å². The summed E-state index contributed by atoms with van der Waals surface area (Å²) < 4.78 is 0. The lowest BCUT2D eigenvalue weighted by molar-refractivity contribution is -0.129. The molecular formula is C29H45NO3. The molecule has 0 bridgehead atoms. The number of amides is 1. The maximum atomic E-state index is 12.7. The average molecular weight is 456 g/mol. The van der Waals surface area contributed by atoms with E-state index in [0.717, 1.165) is 24.0 Å². The molecule has 0 unspecified atom stereocenters. The van der Waals surface area contributed by atoms with Crippen LogP contribution >= 0.6 is 0 Å². The van der Waals surface area contributed by atoms with Crippen molar-refractivity contribution in [3.8, 4) is 0 Å². The van der Waals surface area contributed by atoms with E-state index in [1.165, 1.54) is 84.0 Å². The Morgan fingerprint density at radius 2 is 1.27 bits per heavy atom. The summed E-state index contributed by atoms with van der Waals surface area (Å²) in [7, 11) is 0. The molecule has 1 aromatic carbocycles. The second-order valence-electron chi connectivity index (χ2n) is 9.73. The third-order valence-corrected chi connectivity index (χ3v) is 6.83. The van der Waals surface area contributed by atoms with Crippen LogP contribution in [0.2, 0.25) is 0 Å². The molecule has 0 fully saturated rings. The van der Waals surface area contributed by atoms with Crippen LogP contribution in [-0.2, 0) is 9.59 Å². The van der Waals surface area contributed by atoms with Crippen molar-refractivity contribution in [3.63, 3.8) is 0 Å². The molecule has 1 aliphatic heterocycles. The lowest BCUT2D eigenvalue weighted by Crippen LogP contribution is -2.32. The number of unbranched alkanes of at least 4 members (excludes halogenated alkanes) is 13. The first kappa shape index (κ1) is 27.1. The van der Waals surface area contributed by atoms with E-state index in [0.29, 0.717) is 6.54 Å². The molecule has 2 rings (SSSR count). The zero-order valence-electron chi connectivity index (χ0n) is 21.2. The van der Waals surface area contributed by atoms with E-state index in [-0.39, 0.29) is 17.1 Å². The second kappa shape index (κ2) is 14.9. The fourth-order valence-corrected chi connectivity index (χ4v) is 4.82. The number of rotatable bonds is 17. The molecule has 0 spiro atoms. The number of benzene rings is 1. The van der Waals surface area contributed by atoms with Gasteiger partial charge in [0.05, 0.1) is 11.6 Å². The number of nitrogens with zero attached hydrogens (tertiary/aromatic N) is 1. The maximum Gasteiger partial charge on any atom is 0.290 e. The molecule has 4 heteroatoms. The molecule has 0 aliphatic carbocycles. The third kappa shape index (κ3) is 8.64. The van der Waals surface area contributed by atoms with Gasteiger partial charge < -0.3 is 10.0 Å². The molecule has 1 aromatic rings. The predicted octanol–water partition coefficient (Wildman–Crippen LogP) is 7.76. The molecule has 1 atom stereocenters. The van der Waals surface area contributed by atoms with E-state index in [1.807, 2.05) is 31.2 Å². The van der Waals surface area contributed by atoms with Crippen LogP contribution in [0, 0.1) is 6.92 Å². The van der Waals surface area contributed by atoms with Crippen LogP contribution in [-0.4, -0.2) is 28.2 Å². The van der Waals surface area contributed by atoms with Crippen molar-refractivity contribution in [2.45, 2.75) is 117 Å². The minimum absolute atomic E-state index is 0.231. The van der Waals surface area contributed by atoms with Gasteiger partial charge in [0.25, 0.3) is 5.91 Å². The van der Waals surface area contributed by atoms with Crippen molar-refractivity contribution in [3.05, 3.63) is 46.7 Å². The van der Waals surface area contributed by atoms with Crippen LogP contribution in [0.3, 0.4) is 0 Å². The Kier molecular flexibility index (Phi) is 12.3. The molecule has 0 saturated carbocycles. The molecule has 184 valence electrons. The lowest BCUT2D eigenvalue weighted by atomic mass is 9.96. The zero-order chi connectivity index (χ0) is 24.1. The average Bonchev–Trinajstić information content (AvgIpc) is 3.05. The van der Waals surface area contributed by atoms with E-state index in [4.69, 9.17) is 0 Å². The topological polar surface area (TPSA) is 57.6 Å². The second-order valence-corrected chi connectivity index (χ2v) is 9.73. The number of hydrogen-bond donors (Lipinski definition) is 1. The Hall–Kier alpha value is -2.10. The summed E-state index contributed by atoms with van der Waals surface area (Å²) in [5.74, 6) is -1.03. The minimum Gasteiger partial charge on any atom is -0.503 e. The van der Waals surface area contributed by atoms with Gasteiger partial charge in [0.15, 0.2) is 11.5 Å². The fraction of sp³-hybridized carbons (Fsp3) is 0.655. The van der Waals surface area contributed by atoms with E-state index in [2.05, 4.69) is 6.92 Å². The number of hydrogen-bond acceptors (Lipinski definition) is 3. The van der Waals surface area contributed by atoms with Gasteiger partial charge in [-0.15, -0.1) is 0 Å². The fourth-order valence-electron chi connectivity index (χ4n) is 4.82. The van der Waals surface area contributed by atoms with E-state index >= 15 is 0 Å². The van der Waals surface area contributed by atoms with Gasteiger partial charge in [-0.3, -0.25) is 9.59 Å². The molecule has 0 radical (unpaired) electrons. The van der Waals surface area contributed by atoms with Gasteiger partial charge in [-0.25, -0.2) is 0 Å². The van der Waals surface area contributed by atoms with Crippen LogP contribution in [0.1, 0.15) is 121 Å². The third-order valence-electron chi connectivity index (χ3n) is 6.83. The predicted molar refractivity (Wildman–Crippen MR) is 136 cm³/mol. The summed E-state index contributed by atoms with van der Waals surface area (Å²) >= 11 is 0. The number of aryl methyl sites for hydroxylation is 1. The highest BCUT2D eigenvalue weighted by atomic mass is 16.3. The van der Waals surface area contributed by atoms with Crippen molar-refractivity contribution in [2.75, 3.05) is 6.54 Å². The summed E-state index contributed by atoms with van der Waals surface area (Å²) in [5, 5.41) is 10.4. The smallest absolute Gasteiger partial charge is 0.290 e. The number of Topliss-reactive ketones (excluding diaryl/α,β-unsaturated/α-hetero) is 1. The van der Waals surface area contributed by atoms with Crippen molar-refractivity contribution < 1.29 is 14.7 Å². The first-order valence-corrected chi connectivity index (χ1v) is 13.3. The first-order valence-electron chi connectivity index (χ1n) is 13.3. The number of ketones is 1. The lowest BCUT2D eigenvalue weighted by Gasteiger charge is -2.26. The van der Waals surface area contributed by atoms with Crippen LogP contribution in [0.25, 0.3) is 0 Å². The quantitative estimate of drug-likeness (QED) is 0.244. The zero-order valence-corrected chi connectivity index (χ0v) is 21.2. The summed E-state index contributed by atoms with van der Waals surface area (Å²) in [5.41, 5.74) is 2.24. The van der Waals surface area contributed by atoms with Crippen molar-refractivity contribution in [1.82, 2.24) is 4.90 Å². The minimum atomic E-state index is -0.474. The van der Waals surface area contributed by atoms with Gasteiger partial charge in [0.1, 0.15) is 0 Å². The van der Waals surface area contributed by atoms with E-state index in [9.17, 15) is 14.7 Å². The molecule has 1 heterocycles. The van der Waals surface area contributed by atoms with Gasteiger partial charge in [-0.1, -0.05) is 120 Å². The van der Waals surface area contributed by atoms with Crippen molar-refractivity contribution in [2.24, 2.45) is 0 Å². The normalized spacial score (nSPS) is 16.2. The van der Waals surface area contributed by atoms with Gasteiger partial charge in [-0.05, 0) is 25.8 Å². The van der Waals surface area contributed by atoms with Gasteiger partial charge in [0.2, 0.25) is 0 Å². The number of carbonyl (C=O) groups excluding carboxylic acids is 2. The van der Waals surface area contributed by atoms with Crippen LogP contribution in [0.4, 0.5) is 0 Å². The monoisotopic (exact) mass is 455 g/mol. The highest BCUT2D eigenvalue weighted by Gasteiger charge is 2.41. The van der Waals surface area contributed by atoms with E-state index < -0.39 is 11.9 Å². The molecular weight excluding hydrogens is 410 g/mol. The highest BCUT2D eigenvalue weighted by molar-refractivity contribution is 6.08. The Morgan fingerprint density at radius 1 is 0.818 bits per heavy atom. The molecule has 1 N–H and O–H groups in total. The number of aliphatic hydroxyl groups excluding tert-OH is 1. The van der Waals surface area contributed by atoms with Crippen LogP contribution in [0.5, 0.6) is 0 Å². The standard InChI is InChI=1S/C29H45NO3/c1-4-5-6-7-8-9-10-11-12-13-14-15-16-17-22-30-27(25-20-18-23(2)19-21-25)26(24(3)31)28(32)29(30)33/h18-21,27,32H,4-17,22H2,1-3H3/t27-/m0/s1. The Morgan fingerprint density at radius 3 is 1.73 bits per heavy atom. The van der Waals surface area contributed by atoms with Gasteiger partial charge in [0, 0.05) is 6.54 Å². The maximum absolute atomic E-state index is 12.7. The molecule has 0 saturated heterocycles. The molecule has 33 heavy (non-hydrogen) atoms. The Labute approximate surface area is 201 Å². The van der Waals surface area contributed by atoms with E-state index in [1.54, 1.807) is 4.90 Å². The Balaban J connectivity index is 1.68. The molecule has 1 aliphatic rings. The number of carbonyl (C=O) groups is 2. The highest BCUT2D eigenvalue weighted by Crippen LogP contribution is 2.37.